The molecule has 0 bridgehead atoms. The van der Waals surface area contributed by atoms with Crippen molar-refractivity contribution in [2.45, 2.75) is 38.3 Å². The van der Waals surface area contributed by atoms with Gasteiger partial charge in [0.05, 0.1) is 13.6 Å². The first-order valence-corrected chi connectivity index (χ1v) is 4.14. The lowest BCUT2D eigenvalue weighted by molar-refractivity contribution is -0.797. The molecule has 1 aliphatic heterocycles. The largest absolute Gasteiger partial charge is 0.311 e. The first-order chi connectivity index (χ1) is 4.29. The Morgan fingerprint density at radius 1 is 1.33 bits per heavy atom. The van der Waals surface area contributed by atoms with Crippen LogP contribution in [0.2, 0.25) is 0 Å². The molecule has 2 atom stereocenters. The van der Waals surface area contributed by atoms with Gasteiger partial charge in [-0.15, -0.1) is 0 Å². The van der Waals surface area contributed by atoms with Gasteiger partial charge in [0.15, 0.2) is 0 Å². The lowest BCUT2D eigenvalue weighted by Gasteiger charge is -2.10. The van der Waals surface area contributed by atoms with Crippen molar-refractivity contribution in [1.29, 1.82) is 0 Å². The minimum absolute atomic E-state index is 1.10. The Bertz CT molecular complexity index is 121. The second kappa shape index (κ2) is 1.51. The number of nitrogens with zero attached hydrogens (tertiary/aromatic N) is 1. The Morgan fingerprint density at radius 3 is 2.22 bits per heavy atom. The second-order valence-corrected chi connectivity index (χ2v) is 3.78. The molecule has 1 nitrogen and oxygen atoms in total. The van der Waals surface area contributed by atoms with Gasteiger partial charge in [0.2, 0.25) is 0 Å². The van der Waals surface area contributed by atoms with E-state index in [2.05, 4.69) is 14.0 Å². The van der Waals surface area contributed by atoms with Gasteiger partial charge in [-0.3, -0.25) is 0 Å². The summed E-state index contributed by atoms with van der Waals surface area (Å²) >= 11 is 0. The fraction of sp³-hybridized carbons (Fsp3) is 1.00. The maximum atomic E-state index is 2.42. The molecule has 2 unspecified atom stereocenters. The highest BCUT2D eigenvalue weighted by Crippen LogP contribution is 2.52. The summed E-state index contributed by atoms with van der Waals surface area (Å²) in [7, 11) is 2.42. The summed E-state index contributed by atoms with van der Waals surface area (Å²) in [4.78, 5) is 0. The number of quaternary nitrogens is 1. The van der Waals surface area contributed by atoms with Crippen LogP contribution in [-0.4, -0.2) is 30.2 Å². The normalized spacial score (nSPS) is 54.0. The van der Waals surface area contributed by atoms with Crippen LogP contribution in [0.4, 0.5) is 0 Å². The van der Waals surface area contributed by atoms with E-state index < -0.39 is 0 Å². The van der Waals surface area contributed by atoms with Crippen LogP contribution in [0.3, 0.4) is 0 Å². The molecular formula is C8H16N+. The molecule has 2 rings (SSSR count). The molecule has 0 aromatic heterocycles. The van der Waals surface area contributed by atoms with Crippen molar-refractivity contribution in [3.05, 3.63) is 0 Å². The summed E-state index contributed by atoms with van der Waals surface area (Å²) < 4.78 is 1.43. The van der Waals surface area contributed by atoms with E-state index in [1.165, 1.54) is 30.3 Å². The van der Waals surface area contributed by atoms with E-state index in [4.69, 9.17) is 0 Å². The van der Waals surface area contributed by atoms with Crippen LogP contribution < -0.4 is 0 Å². The summed E-state index contributed by atoms with van der Waals surface area (Å²) in [6.45, 7) is 3.72. The summed E-state index contributed by atoms with van der Waals surface area (Å²) in [5.41, 5.74) is 0. The number of fused-ring (bicyclic) bond motifs is 1. The molecule has 52 valence electrons. The Hall–Kier alpha value is -0.0400. The molecular weight excluding hydrogens is 110 g/mol. The van der Waals surface area contributed by atoms with Gasteiger partial charge in [0.25, 0.3) is 0 Å². The SMILES string of the molecule is CCC[N+]1(C)C2CCC21. The van der Waals surface area contributed by atoms with E-state index in [0.717, 1.165) is 12.1 Å². The minimum atomic E-state index is 1.10. The Kier molecular flexibility index (Phi) is 0.963. The van der Waals surface area contributed by atoms with E-state index >= 15 is 0 Å². The van der Waals surface area contributed by atoms with Crippen molar-refractivity contribution in [3.8, 4) is 0 Å². The molecule has 1 saturated heterocycles. The van der Waals surface area contributed by atoms with Crippen LogP contribution in [0.1, 0.15) is 26.2 Å². The highest BCUT2D eigenvalue weighted by Gasteiger charge is 2.68. The first kappa shape index (κ1) is 5.72. The van der Waals surface area contributed by atoms with Gasteiger partial charge in [-0.25, -0.2) is 0 Å². The average Bonchev–Trinajstić information content (AvgIpc) is 1.97. The monoisotopic (exact) mass is 126 g/mol. The van der Waals surface area contributed by atoms with Crippen LogP contribution in [0.5, 0.6) is 0 Å². The van der Waals surface area contributed by atoms with Crippen molar-refractivity contribution in [3.63, 3.8) is 0 Å². The number of rotatable bonds is 2. The summed E-state index contributed by atoms with van der Waals surface area (Å²) in [5, 5.41) is 0. The van der Waals surface area contributed by atoms with Gasteiger partial charge < -0.3 is 4.48 Å². The van der Waals surface area contributed by atoms with Gasteiger partial charge in [-0.1, -0.05) is 6.92 Å². The van der Waals surface area contributed by atoms with Gasteiger partial charge in [-0.2, -0.15) is 0 Å². The minimum Gasteiger partial charge on any atom is -0.311 e. The molecule has 0 N–H and O–H groups in total. The molecule has 1 aliphatic carbocycles. The van der Waals surface area contributed by atoms with Crippen LogP contribution in [0, 0.1) is 0 Å². The van der Waals surface area contributed by atoms with E-state index in [1.807, 2.05) is 0 Å². The zero-order valence-electron chi connectivity index (χ0n) is 6.43. The Labute approximate surface area is 57.3 Å². The molecule has 9 heavy (non-hydrogen) atoms. The molecule has 2 aliphatic rings. The molecule has 1 saturated carbocycles. The van der Waals surface area contributed by atoms with E-state index in [-0.39, 0.29) is 0 Å². The van der Waals surface area contributed by atoms with Crippen LogP contribution in [-0.2, 0) is 0 Å². The maximum absolute atomic E-state index is 2.42. The molecule has 0 spiro atoms. The Balaban J connectivity index is 1.95. The first-order valence-electron chi connectivity index (χ1n) is 4.14. The molecule has 0 aromatic rings. The number of hydrogen-bond donors (Lipinski definition) is 0. The standard InChI is InChI=1S/C8H16N/c1-3-6-9(2)7-4-5-8(7)9/h7-8H,3-6H2,1-2H3/q+1. The molecule has 0 aromatic carbocycles. The summed E-state index contributed by atoms with van der Waals surface area (Å²) in [6.07, 6.45) is 4.39. The molecule has 0 amide bonds. The van der Waals surface area contributed by atoms with E-state index in [1.54, 1.807) is 0 Å². The topological polar surface area (TPSA) is 0 Å². The molecule has 1 heterocycles. The van der Waals surface area contributed by atoms with E-state index in [0.29, 0.717) is 0 Å². The molecule has 1 heteroatoms. The van der Waals surface area contributed by atoms with Crippen LogP contribution in [0.25, 0.3) is 0 Å². The van der Waals surface area contributed by atoms with Gasteiger partial charge in [0.1, 0.15) is 12.1 Å². The molecule has 0 radical (unpaired) electrons. The van der Waals surface area contributed by atoms with Crippen molar-refractivity contribution in [1.82, 2.24) is 0 Å². The molecule has 2 fully saturated rings. The van der Waals surface area contributed by atoms with Crippen molar-refractivity contribution < 1.29 is 4.48 Å². The van der Waals surface area contributed by atoms with Crippen LogP contribution in [0.15, 0.2) is 0 Å². The number of likely N-dealkylation sites (tertiary alicyclic amines) is 1. The Morgan fingerprint density at radius 2 is 1.89 bits per heavy atom. The van der Waals surface area contributed by atoms with Crippen molar-refractivity contribution in [2.75, 3.05) is 13.6 Å². The predicted molar refractivity (Wildman–Crippen MR) is 38.2 cm³/mol. The predicted octanol–water partition coefficient (Wildman–Crippen LogP) is 1.39. The average molecular weight is 126 g/mol. The lowest BCUT2D eigenvalue weighted by Crippen LogP contribution is -2.23. The fourth-order valence-corrected chi connectivity index (χ4v) is 2.54. The summed E-state index contributed by atoms with van der Waals surface area (Å²) in [5.74, 6) is 0. The maximum Gasteiger partial charge on any atom is 0.142 e. The second-order valence-electron chi connectivity index (χ2n) is 3.78. The third kappa shape index (κ3) is 0.536. The van der Waals surface area contributed by atoms with Gasteiger partial charge >= 0.3 is 0 Å². The van der Waals surface area contributed by atoms with Gasteiger partial charge in [-0.05, 0) is 6.42 Å². The van der Waals surface area contributed by atoms with E-state index in [9.17, 15) is 0 Å². The lowest BCUT2D eigenvalue weighted by atomic mass is 10.0. The summed E-state index contributed by atoms with van der Waals surface area (Å²) in [6, 6.07) is 2.20. The number of hydrogen-bond acceptors (Lipinski definition) is 0. The fourth-order valence-electron chi connectivity index (χ4n) is 2.54. The van der Waals surface area contributed by atoms with Crippen molar-refractivity contribution in [2.24, 2.45) is 0 Å². The zero-order valence-corrected chi connectivity index (χ0v) is 6.43. The van der Waals surface area contributed by atoms with Crippen molar-refractivity contribution >= 4 is 0 Å². The highest BCUT2D eigenvalue weighted by molar-refractivity contribution is 4.96. The third-order valence-electron chi connectivity index (χ3n) is 3.33. The third-order valence-corrected chi connectivity index (χ3v) is 3.33. The highest BCUT2D eigenvalue weighted by atomic mass is 15.5. The zero-order chi connectivity index (χ0) is 6.48. The van der Waals surface area contributed by atoms with Crippen LogP contribution >= 0.6 is 0 Å². The quantitative estimate of drug-likeness (QED) is 0.387. The number of likely N-dealkylation sites (N-methyl/N-ethyl adjacent to an activating group) is 1. The van der Waals surface area contributed by atoms with Gasteiger partial charge in [0, 0.05) is 12.8 Å². The smallest absolute Gasteiger partial charge is 0.142 e.